The van der Waals surface area contributed by atoms with Gasteiger partial charge in [0.25, 0.3) is 0 Å². The lowest BCUT2D eigenvalue weighted by molar-refractivity contribution is -0.169. The van der Waals surface area contributed by atoms with E-state index >= 15 is 0 Å². The van der Waals surface area contributed by atoms with E-state index in [9.17, 15) is 13.2 Å². The minimum Gasteiger partial charge on any atom is -0.362 e. The molecule has 0 saturated carbocycles. The van der Waals surface area contributed by atoms with Gasteiger partial charge in [-0.2, -0.15) is 13.2 Å². The van der Waals surface area contributed by atoms with Crippen molar-refractivity contribution in [3.63, 3.8) is 0 Å². The van der Waals surface area contributed by atoms with Crippen LogP contribution >= 0.6 is 7.26 Å². The van der Waals surface area contributed by atoms with Crippen LogP contribution in [-0.4, -0.2) is 18.7 Å². The molecule has 0 spiro atoms. The summed E-state index contributed by atoms with van der Waals surface area (Å²) in [5.41, 5.74) is 3.81. The summed E-state index contributed by atoms with van der Waals surface area (Å²) >= 11 is 0. The maximum atomic E-state index is 10.7. The van der Waals surface area contributed by atoms with E-state index in [0.717, 1.165) is 0 Å². The Labute approximate surface area is 157 Å². The molecule has 0 aliphatic heterocycles. The van der Waals surface area contributed by atoms with E-state index in [1.54, 1.807) is 0 Å². The lowest BCUT2D eigenvalue weighted by atomic mass is 10.4. The number of amides is 1. The summed E-state index contributed by atoms with van der Waals surface area (Å²) < 4.78 is 32.1. The van der Waals surface area contributed by atoms with E-state index < -0.39 is 19.3 Å². The number of halogens is 3. The molecule has 0 unspecified atom stereocenters. The van der Waals surface area contributed by atoms with Crippen LogP contribution in [0.3, 0.4) is 0 Å². The van der Waals surface area contributed by atoms with Crippen LogP contribution < -0.4 is 21.6 Å². The number of primary amides is 1. The lowest BCUT2D eigenvalue weighted by Gasteiger charge is -2.22. The molecule has 6 heteroatoms. The van der Waals surface area contributed by atoms with Gasteiger partial charge in [0.05, 0.1) is 6.66 Å². The van der Waals surface area contributed by atoms with Crippen LogP contribution in [0.1, 0.15) is 0 Å². The van der Waals surface area contributed by atoms with Crippen LogP contribution in [0.2, 0.25) is 0 Å². The third kappa shape index (κ3) is 5.18. The van der Waals surface area contributed by atoms with Gasteiger partial charge in [0, 0.05) is 0 Å². The first kappa shape index (κ1) is 20.7. The van der Waals surface area contributed by atoms with Gasteiger partial charge in [-0.3, -0.25) is 4.79 Å². The Kier molecular flexibility index (Phi) is 6.75. The highest BCUT2D eigenvalue weighted by molar-refractivity contribution is 7.95. The van der Waals surface area contributed by atoms with Crippen molar-refractivity contribution < 1.29 is 18.0 Å². The van der Waals surface area contributed by atoms with Crippen molar-refractivity contribution in [1.82, 2.24) is 0 Å². The molecular formula is C21H20F3NOP+. The van der Waals surface area contributed by atoms with Crippen molar-refractivity contribution in [2.75, 3.05) is 6.66 Å². The van der Waals surface area contributed by atoms with E-state index in [2.05, 4.69) is 103 Å². The van der Waals surface area contributed by atoms with E-state index in [0.29, 0.717) is 0 Å². The number of carbonyl (C=O) groups is 1. The van der Waals surface area contributed by atoms with E-state index in [-0.39, 0.29) is 0 Å². The summed E-state index contributed by atoms with van der Waals surface area (Å²) in [5, 5.41) is 4.28. The summed E-state index contributed by atoms with van der Waals surface area (Å²) in [4.78, 5) is 9.12. The van der Waals surface area contributed by atoms with Gasteiger partial charge in [-0.25, -0.2) is 0 Å². The maximum Gasteiger partial charge on any atom is 0.470 e. The van der Waals surface area contributed by atoms with Crippen molar-refractivity contribution in [2.24, 2.45) is 5.73 Å². The first-order valence-electron chi connectivity index (χ1n) is 8.16. The number of nitrogens with two attached hydrogens (primary N) is 1. The summed E-state index contributed by atoms with van der Waals surface area (Å²) in [6.45, 7) is 2.41. The van der Waals surface area contributed by atoms with Crippen LogP contribution in [0, 0.1) is 0 Å². The van der Waals surface area contributed by atoms with Crippen molar-refractivity contribution in [2.45, 2.75) is 6.18 Å². The number of alkyl halides is 3. The lowest BCUT2D eigenvalue weighted by Crippen LogP contribution is -2.30. The van der Waals surface area contributed by atoms with Gasteiger partial charge in [0.15, 0.2) is 0 Å². The Morgan fingerprint density at radius 2 is 0.926 bits per heavy atom. The third-order valence-corrected chi connectivity index (χ3v) is 8.09. The molecule has 0 bridgehead atoms. The van der Waals surface area contributed by atoms with Gasteiger partial charge < -0.3 is 5.73 Å². The van der Waals surface area contributed by atoms with Crippen LogP contribution in [0.4, 0.5) is 13.2 Å². The molecule has 0 aliphatic carbocycles. The second-order valence-corrected chi connectivity index (χ2v) is 9.44. The fourth-order valence-corrected chi connectivity index (χ4v) is 5.83. The molecule has 3 aromatic carbocycles. The van der Waals surface area contributed by atoms with Gasteiger partial charge in [-0.05, 0) is 36.4 Å². The number of hydrogen-bond acceptors (Lipinski definition) is 1. The molecule has 0 aromatic heterocycles. The van der Waals surface area contributed by atoms with Crippen LogP contribution in [0.15, 0.2) is 91.0 Å². The highest BCUT2D eigenvalue weighted by Gasteiger charge is 2.39. The molecule has 2 nitrogen and oxygen atoms in total. The average molecular weight is 390 g/mol. The smallest absolute Gasteiger partial charge is 0.362 e. The van der Waals surface area contributed by atoms with Crippen LogP contribution in [-0.2, 0) is 4.79 Å². The predicted molar refractivity (Wildman–Crippen MR) is 106 cm³/mol. The van der Waals surface area contributed by atoms with E-state index in [4.69, 9.17) is 4.79 Å². The molecular weight excluding hydrogens is 370 g/mol. The minimum atomic E-state index is -4.86. The highest BCUT2D eigenvalue weighted by atomic mass is 31.2. The Balaban J connectivity index is 0.000000321. The average Bonchev–Trinajstić information content (AvgIpc) is 2.69. The summed E-state index contributed by atoms with van der Waals surface area (Å²) in [7, 11) is -1.53. The summed E-state index contributed by atoms with van der Waals surface area (Å²) in [6, 6.07) is 32.6. The van der Waals surface area contributed by atoms with Crippen molar-refractivity contribution >= 4 is 29.1 Å². The van der Waals surface area contributed by atoms with Crippen molar-refractivity contribution in [1.29, 1.82) is 0 Å². The summed E-state index contributed by atoms with van der Waals surface area (Å²) in [5.74, 6) is -2.26. The highest BCUT2D eigenvalue weighted by Crippen LogP contribution is 2.51. The number of hydrogen-bond donors (Lipinski definition) is 1. The van der Waals surface area contributed by atoms with Gasteiger partial charge in [0.1, 0.15) is 23.2 Å². The zero-order valence-corrected chi connectivity index (χ0v) is 15.6. The van der Waals surface area contributed by atoms with Gasteiger partial charge in [-0.1, -0.05) is 54.6 Å². The van der Waals surface area contributed by atoms with E-state index in [1.165, 1.54) is 15.9 Å². The Bertz CT molecular complexity index is 756. The SMILES string of the molecule is C[P+](c1ccccc1)(c1ccccc1)c1ccccc1.NC(=O)C(F)(F)F. The second-order valence-electron chi connectivity index (χ2n) is 5.87. The normalized spacial score (nSPS) is 11.3. The molecule has 0 aliphatic rings. The predicted octanol–water partition coefficient (Wildman–Crippen LogP) is 3.64. The quantitative estimate of drug-likeness (QED) is 0.682. The molecule has 3 rings (SSSR count). The topological polar surface area (TPSA) is 43.1 Å². The zero-order chi connectivity index (χ0) is 19.9. The first-order valence-corrected chi connectivity index (χ1v) is 10.4. The molecule has 27 heavy (non-hydrogen) atoms. The minimum absolute atomic E-state index is 1.43. The first-order chi connectivity index (χ1) is 12.8. The molecule has 2 N–H and O–H groups in total. The molecule has 1 amide bonds. The zero-order valence-electron chi connectivity index (χ0n) is 14.7. The Hall–Kier alpha value is -2.65. The standard InChI is InChI=1S/C19H18P.C2H2F3NO/c1-20(17-11-5-2-6-12-17,18-13-7-3-8-14-18)19-15-9-4-10-16-19;3-2(4,5)1(6)7/h2-16H,1H3;(H2,6,7)/q+1;. The largest absolute Gasteiger partial charge is 0.470 e. The van der Waals surface area contributed by atoms with Gasteiger partial charge in [0.2, 0.25) is 0 Å². The second kappa shape index (κ2) is 8.83. The van der Waals surface area contributed by atoms with Crippen molar-refractivity contribution in [3.05, 3.63) is 91.0 Å². The third-order valence-electron chi connectivity index (χ3n) is 4.10. The monoisotopic (exact) mass is 390 g/mol. The molecule has 3 aromatic rings. The Morgan fingerprint density at radius 1 is 0.704 bits per heavy atom. The molecule has 0 fully saturated rings. The summed E-state index contributed by atoms with van der Waals surface area (Å²) in [6.07, 6.45) is -4.86. The maximum absolute atomic E-state index is 10.7. The fraction of sp³-hybridized carbons (Fsp3) is 0.0952. The number of benzene rings is 3. The number of carbonyl (C=O) groups excluding carboxylic acids is 1. The Morgan fingerprint density at radius 3 is 1.11 bits per heavy atom. The molecule has 0 saturated heterocycles. The van der Waals surface area contributed by atoms with E-state index in [1.807, 2.05) is 0 Å². The van der Waals surface area contributed by atoms with Gasteiger partial charge in [-0.15, -0.1) is 0 Å². The van der Waals surface area contributed by atoms with Crippen molar-refractivity contribution in [3.8, 4) is 0 Å². The fourth-order valence-electron chi connectivity index (χ4n) is 2.63. The van der Waals surface area contributed by atoms with Crippen LogP contribution in [0.25, 0.3) is 0 Å². The number of rotatable bonds is 3. The van der Waals surface area contributed by atoms with Gasteiger partial charge >= 0.3 is 12.1 Å². The molecule has 0 heterocycles. The molecule has 0 radical (unpaired) electrons. The van der Waals surface area contributed by atoms with Crippen LogP contribution in [0.5, 0.6) is 0 Å². The molecule has 140 valence electrons. The molecule has 0 atom stereocenters.